The van der Waals surface area contributed by atoms with Gasteiger partial charge in [0.1, 0.15) is 11.4 Å². The maximum atomic E-state index is 12.2. The Hall–Kier alpha value is -2.44. The molecule has 126 valence electrons. The van der Waals surface area contributed by atoms with Gasteiger partial charge in [-0.1, -0.05) is 29.8 Å². The van der Waals surface area contributed by atoms with Gasteiger partial charge in [0.25, 0.3) is 11.8 Å². The van der Waals surface area contributed by atoms with E-state index in [1.54, 1.807) is 37.4 Å². The van der Waals surface area contributed by atoms with E-state index in [0.717, 1.165) is 5.56 Å². The number of carbonyl (C=O) groups is 2. The summed E-state index contributed by atoms with van der Waals surface area (Å²) >= 11 is 5.82. The van der Waals surface area contributed by atoms with Crippen LogP contribution in [0.2, 0.25) is 5.02 Å². The number of methoxy groups -OCH3 is 1. The van der Waals surface area contributed by atoms with Crippen LogP contribution < -0.4 is 10.6 Å². The zero-order valence-electron chi connectivity index (χ0n) is 13.2. The van der Waals surface area contributed by atoms with E-state index in [9.17, 15) is 9.59 Å². The molecule has 0 radical (unpaired) electrons. The molecule has 2 rings (SSSR count). The van der Waals surface area contributed by atoms with Gasteiger partial charge in [-0.3, -0.25) is 9.59 Å². The van der Waals surface area contributed by atoms with Gasteiger partial charge in [0.2, 0.25) is 0 Å². The second kappa shape index (κ2) is 9.00. The predicted molar refractivity (Wildman–Crippen MR) is 91.1 cm³/mol. The van der Waals surface area contributed by atoms with E-state index in [2.05, 4.69) is 15.6 Å². The fraction of sp³-hybridized carbons (Fsp3) is 0.235. The Morgan fingerprint density at radius 1 is 1.04 bits per heavy atom. The van der Waals surface area contributed by atoms with Crippen LogP contribution in [-0.2, 0) is 11.3 Å². The maximum absolute atomic E-state index is 12.2. The second-order valence-electron chi connectivity index (χ2n) is 4.97. The third-order valence-electron chi connectivity index (χ3n) is 3.17. The van der Waals surface area contributed by atoms with E-state index in [1.165, 1.54) is 0 Å². The Morgan fingerprint density at radius 3 is 2.29 bits per heavy atom. The molecular weight excluding hydrogens is 330 g/mol. The van der Waals surface area contributed by atoms with Crippen LogP contribution in [0.5, 0.6) is 0 Å². The molecule has 0 saturated heterocycles. The number of rotatable bonds is 7. The first-order valence-corrected chi connectivity index (χ1v) is 7.75. The number of hydrogen-bond donors (Lipinski definition) is 2. The van der Waals surface area contributed by atoms with Crippen molar-refractivity contribution >= 4 is 23.4 Å². The maximum Gasteiger partial charge on any atom is 0.270 e. The summed E-state index contributed by atoms with van der Waals surface area (Å²) in [5.74, 6) is -0.698. The van der Waals surface area contributed by atoms with E-state index in [4.69, 9.17) is 16.3 Å². The van der Waals surface area contributed by atoms with E-state index in [-0.39, 0.29) is 23.2 Å². The van der Waals surface area contributed by atoms with Gasteiger partial charge in [-0.15, -0.1) is 0 Å². The normalized spacial score (nSPS) is 10.2. The third kappa shape index (κ3) is 5.33. The number of nitrogens with one attached hydrogen (secondary N) is 2. The number of carbonyl (C=O) groups excluding carboxylic acids is 2. The standard InChI is InChI=1S/C17H18ClN3O3/c1-24-10-9-19-16(22)14-3-2-4-15(21-14)17(23)20-11-12-5-7-13(18)8-6-12/h2-8H,9-11H2,1H3,(H,19,22)(H,20,23). The molecule has 2 aromatic rings. The Kier molecular flexibility index (Phi) is 6.72. The molecule has 0 aliphatic rings. The van der Waals surface area contributed by atoms with Crippen LogP contribution >= 0.6 is 11.6 Å². The van der Waals surface area contributed by atoms with Crippen molar-refractivity contribution in [2.45, 2.75) is 6.54 Å². The van der Waals surface area contributed by atoms with Crippen LogP contribution in [-0.4, -0.2) is 37.1 Å². The van der Waals surface area contributed by atoms with Crippen LogP contribution in [0.25, 0.3) is 0 Å². The van der Waals surface area contributed by atoms with Crippen LogP contribution in [0, 0.1) is 0 Å². The Bertz CT molecular complexity index is 704. The smallest absolute Gasteiger partial charge is 0.270 e. The number of pyridine rings is 1. The van der Waals surface area contributed by atoms with Gasteiger partial charge < -0.3 is 15.4 Å². The highest BCUT2D eigenvalue weighted by molar-refractivity contribution is 6.30. The monoisotopic (exact) mass is 347 g/mol. The van der Waals surface area contributed by atoms with Crippen molar-refractivity contribution < 1.29 is 14.3 Å². The molecular formula is C17H18ClN3O3. The quantitative estimate of drug-likeness (QED) is 0.751. The number of amides is 2. The van der Waals surface area contributed by atoms with E-state index in [1.807, 2.05) is 12.1 Å². The first kappa shape index (κ1) is 17.9. The minimum absolute atomic E-state index is 0.184. The number of nitrogens with zero attached hydrogens (tertiary/aromatic N) is 1. The van der Waals surface area contributed by atoms with Crippen LogP contribution in [0.3, 0.4) is 0 Å². The lowest BCUT2D eigenvalue weighted by atomic mass is 10.2. The molecule has 24 heavy (non-hydrogen) atoms. The van der Waals surface area contributed by atoms with E-state index < -0.39 is 0 Å². The molecule has 0 saturated carbocycles. The Morgan fingerprint density at radius 2 is 1.67 bits per heavy atom. The lowest BCUT2D eigenvalue weighted by Crippen LogP contribution is -2.29. The van der Waals surface area contributed by atoms with Gasteiger partial charge in [-0.25, -0.2) is 4.98 Å². The first-order valence-electron chi connectivity index (χ1n) is 7.37. The fourth-order valence-corrected chi connectivity index (χ4v) is 2.05. The molecule has 0 aliphatic carbocycles. The topological polar surface area (TPSA) is 80.3 Å². The molecule has 1 aromatic carbocycles. The zero-order chi connectivity index (χ0) is 17.4. The lowest BCUT2D eigenvalue weighted by Gasteiger charge is -2.07. The summed E-state index contributed by atoms with van der Waals surface area (Å²) in [7, 11) is 1.55. The molecule has 7 heteroatoms. The predicted octanol–water partition coefficient (Wildman–Crippen LogP) is 2.04. The number of aromatic nitrogens is 1. The number of hydrogen-bond acceptors (Lipinski definition) is 4. The first-order chi connectivity index (χ1) is 11.6. The number of benzene rings is 1. The van der Waals surface area contributed by atoms with Crippen molar-refractivity contribution in [1.82, 2.24) is 15.6 Å². The Labute approximate surface area is 145 Å². The molecule has 0 atom stereocenters. The van der Waals surface area contributed by atoms with Crippen molar-refractivity contribution in [3.05, 3.63) is 64.4 Å². The van der Waals surface area contributed by atoms with E-state index in [0.29, 0.717) is 24.7 Å². The molecule has 0 fully saturated rings. The van der Waals surface area contributed by atoms with Crippen LogP contribution in [0.15, 0.2) is 42.5 Å². The molecule has 0 spiro atoms. The van der Waals surface area contributed by atoms with E-state index >= 15 is 0 Å². The summed E-state index contributed by atoms with van der Waals surface area (Å²) in [6.45, 7) is 1.14. The fourth-order valence-electron chi connectivity index (χ4n) is 1.92. The van der Waals surface area contributed by atoms with Gasteiger partial charge in [0, 0.05) is 25.2 Å². The van der Waals surface area contributed by atoms with Crippen molar-refractivity contribution in [2.75, 3.05) is 20.3 Å². The summed E-state index contributed by atoms with van der Waals surface area (Å²) in [4.78, 5) is 28.2. The minimum Gasteiger partial charge on any atom is -0.383 e. The molecule has 0 unspecified atom stereocenters. The van der Waals surface area contributed by atoms with Gasteiger partial charge >= 0.3 is 0 Å². The molecule has 2 N–H and O–H groups in total. The third-order valence-corrected chi connectivity index (χ3v) is 3.42. The van der Waals surface area contributed by atoms with Crippen LogP contribution in [0.1, 0.15) is 26.5 Å². The second-order valence-corrected chi connectivity index (χ2v) is 5.40. The van der Waals surface area contributed by atoms with Gasteiger partial charge in [-0.05, 0) is 29.8 Å². The van der Waals surface area contributed by atoms with Gasteiger partial charge in [0.15, 0.2) is 0 Å². The summed E-state index contributed by atoms with van der Waals surface area (Å²) in [6, 6.07) is 11.9. The zero-order valence-corrected chi connectivity index (χ0v) is 14.0. The molecule has 6 nitrogen and oxygen atoms in total. The Balaban J connectivity index is 1.95. The van der Waals surface area contributed by atoms with Gasteiger partial charge in [-0.2, -0.15) is 0 Å². The molecule has 0 aliphatic heterocycles. The average Bonchev–Trinajstić information content (AvgIpc) is 2.61. The highest BCUT2D eigenvalue weighted by Crippen LogP contribution is 2.09. The highest BCUT2D eigenvalue weighted by Gasteiger charge is 2.12. The summed E-state index contributed by atoms with van der Waals surface area (Å²) in [5.41, 5.74) is 1.29. The molecule has 0 bridgehead atoms. The molecule has 1 heterocycles. The SMILES string of the molecule is COCCNC(=O)c1cccc(C(=O)NCc2ccc(Cl)cc2)n1. The number of halogens is 1. The summed E-state index contributed by atoms with van der Waals surface area (Å²) in [5, 5.41) is 6.05. The van der Waals surface area contributed by atoms with Gasteiger partial charge in [0.05, 0.1) is 6.61 Å². The van der Waals surface area contributed by atoms with Crippen LogP contribution in [0.4, 0.5) is 0 Å². The average molecular weight is 348 g/mol. The van der Waals surface area contributed by atoms with Crippen molar-refractivity contribution in [3.63, 3.8) is 0 Å². The lowest BCUT2D eigenvalue weighted by molar-refractivity contribution is 0.0930. The number of ether oxygens (including phenoxy) is 1. The van der Waals surface area contributed by atoms with Crippen molar-refractivity contribution in [3.8, 4) is 0 Å². The highest BCUT2D eigenvalue weighted by atomic mass is 35.5. The molecule has 1 aromatic heterocycles. The summed E-state index contributed by atoms with van der Waals surface area (Å²) in [6.07, 6.45) is 0. The van der Waals surface area contributed by atoms with Crippen molar-refractivity contribution in [1.29, 1.82) is 0 Å². The largest absolute Gasteiger partial charge is 0.383 e. The van der Waals surface area contributed by atoms with Crippen molar-refractivity contribution in [2.24, 2.45) is 0 Å². The minimum atomic E-state index is -0.350. The summed E-state index contributed by atoms with van der Waals surface area (Å²) < 4.78 is 4.86. The molecule has 2 amide bonds.